The Balaban J connectivity index is 1.44. The van der Waals surface area contributed by atoms with Crippen LogP contribution >= 0.6 is 11.8 Å². The molecular formula is C30H50N6O2S. The highest BCUT2D eigenvalue weighted by molar-refractivity contribution is 8.01. The fourth-order valence-corrected chi connectivity index (χ4v) is 10.7. The van der Waals surface area contributed by atoms with Crippen LogP contribution < -0.4 is 5.32 Å². The van der Waals surface area contributed by atoms with Crippen molar-refractivity contribution in [2.24, 2.45) is 0 Å². The van der Waals surface area contributed by atoms with Crippen molar-refractivity contribution < 1.29 is 9.47 Å². The van der Waals surface area contributed by atoms with Gasteiger partial charge in [-0.2, -0.15) is 0 Å². The van der Waals surface area contributed by atoms with Crippen molar-refractivity contribution >= 4 is 11.8 Å². The first-order chi connectivity index (χ1) is 19.3. The molecule has 9 heteroatoms. The van der Waals surface area contributed by atoms with Gasteiger partial charge in [-0.25, -0.2) is 4.90 Å². The summed E-state index contributed by atoms with van der Waals surface area (Å²) in [7, 11) is 0. The standard InChI is InChI=1S/C30H50N6O2S/c1-4-15-33(16-5-1)29(26-11-3-10-23-37-26)30(35-19-8-9-20-35,34-17-6-2-7-18-34)36(27-12-24-38-27)25-28(39-29)32-21-13-31-14-22-32/h2,6-7,17,26-28,31H,1,3-5,8-16,18-25H2. The van der Waals surface area contributed by atoms with E-state index in [2.05, 4.69) is 66.0 Å². The highest BCUT2D eigenvalue weighted by Gasteiger charge is 2.72. The molecule has 0 aromatic carbocycles. The van der Waals surface area contributed by atoms with Crippen LogP contribution in [0.25, 0.3) is 0 Å². The lowest BCUT2D eigenvalue weighted by Crippen LogP contribution is -2.89. The first-order valence-electron chi connectivity index (χ1n) is 16.1. The predicted octanol–water partition coefficient (Wildman–Crippen LogP) is 2.90. The van der Waals surface area contributed by atoms with Crippen LogP contribution in [0.2, 0.25) is 0 Å². The van der Waals surface area contributed by atoms with E-state index in [1.165, 1.54) is 58.0 Å². The lowest BCUT2D eigenvalue weighted by Gasteiger charge is -2.72. The van der Waals surface area contributed by atoms with Crippen molar-refractivity contribution in [3.05, 3.63) is 24.4 Å². The maximum absolute atomic E-state index is 7.04. The van der Waals surface area contributed by atoms with Crippen molar-refractivity contribution in [3.8, 4) is 0 Å². The summed E-state index contributed by atoms with van der Waals surface area (Å²) in [4.78, 5) is 14.0. The molecule has 0 saturated carbocycles. The van der Waals surface area contributed by atoms with E-state index < -0.39 is 0 Å². The van der Waals surface area contributed by atoms with Crippen LogP contribution in [0.3, 0.4) is 0 Å². The molecule has 0 bridgehead atoms. The number of hydrogen-bond acceptors (Lipinski definition) is 9. The van der Waals surface area contributed by atoms with Crippen LogP contribution in [0.5, 0.6) is 0 Å². The molecule has 5 atom stereocenters. The predicted molar refractivity (Wildman–Crippen MR) is 157 cm³/mol. The Morgan fingerprint density at radius 2 is 1.54 bits per heavy atom. The van der Waals surface area contributed by atoms with Gasteiger partial charge in [0, 0.05) is 71.6 Å². The van der Waals surface area contributed by atoms with Gasteiger partial charge >= 0.3 is 0 Å². The number of likely N-dealkylation sites (tertiary alicyclic amines) is 2. The van der Waals surface area contributed by atoms with Gasteiger partial charge in [-0.1, -0.05) is 18.6 Å². The molecule has 0 aromatic rings. The van der Waals surface area contributed by atoms with Crippen molar-refractivity contribution in [2.75, 3.05) is 78.7 Å². The molecule has 8 nitrogen and oxygen atoms in total. The molecule has 218 valence electrons. The largest absolute Gasteiger partial charge is 0.375 e. The summed E-state index contributed by atoms with van der Waals surface area (Å²) in [5.41, 5.74) is 0. The molecule has 7 heterocycles. The van der Waals surface area contributed by atoms with Gasteiger partial charge in [-0.15, -0.1) is 11.8 Å². The van der Waals surface area contributed by atoms with Crippen molar-refractivity contribution in [1.82, 2.24) is 29.8 Å². The molecule has 7 aliphatic rings. The summed E-state index contributed by atoms with van der Waals surface area (Å²) in [6.45, 7) is 12.8. The number of piperidine rings is 1. The zero-order chi connectivity index (χ0) is 26.1. The van der Waals surface area contributed by atoms with Crippen molar-refractivity contribution in [2.45, 2.75) is 86.2 Å². The topological polar surface area (TPSA) is 46.7 Å². The van der Waals surface area contributed by atoms with Gasteiger partial charge in [0.25, 0.3) is 0 Å². The number of nitrogens with one attached hydrogen (secondary N) is 1. The molecule has 39 heavy (non-hydrogen) atoms. The number of allylic oxidation sites excluding steroid dienone is 2. The van der Waals surface area contributed by atoms with Crippen molar-refractivity contribution in [1.29, 1.82) is 0 Å². The molecule has 6 saturated heterocycles. The summed E-state index contributed by atoms with van der Waals surface area (Å²) < 4.78 is 13.5. The van der Waals surface area contributed by atoms with Gasteiger partial charge in [0.05, 0.1) is 18.1 Å². The maximum atomic E-state index is 7.04. The quantitative estimate of drug-likeness (QED) is 0.530. The average molecular weight is 559 g/mol. The third kappa shape index (κ3) is 4.63. The van der Waals surface area contributed by atoms with Crippen LogP contribution in [0, 0.1) is 0 Å². The maximum Gasteiger partial charge on any atom is 0.185 e. The highest BCUT2D eigenvalue weighted by Crippen LogP contribution is 2.59. The Morgan fingerprint density at radius 3 is 2.21 bits per heavy atom. The summed E-state index contributed by atoms with van der Waals surface area (Å²) in [5.74, 6) is -0.315. The molecule has 0 spiro atoms. The van der Waals surface area contributed by atoms with E-state index in [4.69, 9.17) is 9.47 Å². The third-order valence-electron chi connectivity index (χ3n) is 10.3. The van der Waals surface area contributed by atoms with E-state index in [1.54, 1.807) is 0 Å². The summed E-state index contributed by atoms with van der Waals surface area (Å²) in [5, 5.41) is 4.05. The summed E-state index contributed by atoms with van der Waals surface area (Å²) in [6, 6.07) is 0. The fourth-order valence-electron chi connectivity index (χ4n) is 8.52. The number of nitrogens with zero attached hydrogens (tertiary/aromatic N) is 5. The van der Waals surface area contributed by atoms with E-state index in [1.807, 2.05) is 0 Å². The molecule has 5 unspecified atom stereocenters. The molecule has 0 radical (unpaired) electrons. The smallest absolute Gasteiger partial charge is 0.185 e. The van der Waals surface area contributed by atoms with Crippen LogP contribution in [-0.4, -0.2) is 132 Å². The number of ether oxygens (including phenoxy) is 2. The Bertz CT molecular complexity index is 859. The molecule has 0 amide bonds. The monoisotopic (exact) mass is 558 g/mol. The van der Waals surface area contributed by atoms with Gasteiger partial charge in [0.1, 0.15) is 11.1 Å². The number of hydrogen-bond donors (Lipinski definition) is 1. The number of thioether (sulfide) groups is 1. The third-order valence-corrected chi connectivity index (χ3v) is 12.2. The molecule has 7 aliphatic heterocycles. The minimum Gasteiger partial charge on any atom is -0.375 e. The molecule has 0 aliphatic carbocycles. The minimum atomic E-state index is -0.315. The summed E-state index contributed by atoms with van der Waals surface area (Å²) in [6.07, 6.45) is 20.9. The lowest BCUT2D eigenvalue weighted by atomic mass is 9.87. The Morgan fingerprint density at radius 1 is 0.769 bits per heavy atom. The van der Waals surface area contributed by atoms with Crippen LogP contribution in [0.4, 0.5) is 0 Å². The molecule has 0 aromatic heterocycles. The first kappa shape index (κ1) is 27.2. The normalized spacial score (nSPS) is 41.6. The first-order valence-corrected chi connectivity index (χ1v) is 16.9. The highest BCUT2D eigenvalue weighted by atomic mass is 32.2. The van der Waals surface area contributed by atoms with Gasteiger partial charge in [-0.05, 0) is 64.1 Å². The second-order valence-corrected chi connectivity index (χ2v) is 13.9. The van der Waals surface area contributed by atoms with E-state index >= 15 is 0 Å². The lowest BCUT2D eigenvalue weighted by molar-refractivity contribution is -0.299. The van der Waals surface area contributed by atoms with E-state index in [-0.39, 0.29) is 23.0 Å². The molecule has 6 fully saturated rings. The number of piperazine rings is 1. The van der Waals surface area contributed by atoms with Crippen LogP contribution in [0.15, 0.2) is 24.4 Å². The zero-order valence-electron chi connectivity index (χ0n) is 23.9. The SMILES string of the molecule is C1=CCN(C2(N3CCCC3)N(C3CCO3)CC(N3CCNCC3)SC2(C2CCCCO2)N2CCCCC2)C=C1. The second kappa shape index (κ2) is 11.9. The summed E-state index contributed by atoms with van der Waals surface area (Å²) >= 11 is 2.30. The Labute approximate surface area is 240 Å². The van der Waals surface area contributed by atoms with E-state index in [0.29, 0.717) is 5.37 Å². The Hall–Kier alpha value is -0.650. The van der Waals surface area contributed by atoms with E-state index in [0.717, 1.165) is 78.4 Å². The average Bonchev–Trinajstić information content (AvgIpc) is 3.53. The minimum absolute atomic E-state index is 0.170. The van der Waals surface area contributed by atoms with Crippen molar-refractivity contribution in [3.63, 3.8) is 0 Å². The van der Waals surface area contributed by atoms with Gasteiger partial charge in [0.2, 0.25) is 0 Å². The van der Waals surface area contributed by atoms with Crippen LogP contribution in [0.1, 0.15) is 57.8 Å². The van der Waals surface area contributed by atoms with Gasteiger partial charge in [0.15, 0.2) is 5.79 Å². The fraction of sp³-hybridized carbons (Fsp3) is 0.867. The van der Waals surface area contributed by atoms with Gasteiger partial charge < -0.3 is 19.7 Å². The van der Waals surface area contributed by atoms with Crippen LogP contribution in [-0.2, 0) is 9.47 Å². The second-order valence-electron chi connectivity index (χ2n) is 12.5. The molecule has 1 N–H and O–H groups in total. The molecule has 7 rings (SSSR count). The van der Waals surface area contributed by atoms with E-state index in [9.17, 15) is 0 Å². The van der Waals surface area contributed by atoms with Gasteiger partial charge in [-0.3, -0.25) is 14.7 Å². The Kier molecular flexibility index (Phi) is 8.31. The zero-order valence-corrected chi connectivity index (χ0v) is 24.7. The number of rotatable bonds is 6. The molecular weight excluding hydrogens is 508 g/mol.